The van der Waals surface area contributed by atoms with Crippen LogP contribution in [0.1, 0.15) is 77.0 Å². The molecule has 5 rings (SSSR count). The first kappa shape index (κ1) is 25.7. The minimum absolute atomic E-state index is 0.0674. The summed E-state index contributed by atoms with van der Waals surface area (Å²) in [5.41, 5.74) is 3.87. The Morgan fingerprint density at radius 2 is 1.68 bits per heavy atom. The van der Waals surface area contributed by atoms with E-state index in [2.05, 4.69) is 6.92 Å². The molecule has 1 atom stereocenters. The number of benzene rings is 3. The Bertz CT molecular complexity index is 1520. The van der Waals surface area contributed by atoms with Gasteiger partial charge in [-0.05, 0) is 72.9 Å². The fourth-order valence-corrected chi connectivity index (χ4v) is 5.24. The van der Waals surface area contributed by atoms with Crippen LogP contribution in [0.25, 0.3) is 11.0 Å². The van der Waals surface area contributed by atoms with Crippen molar-refractivity contribution >= 4 is 16.9 Å². The van der Waals surface area contributed by atoms with Crippen molar-refractivity contribution in [3.8, 4) is 5.75 Å². The highest BCUT2D eigenvalue weighted by Gasteiger charge is 2.42. The highest BCUT2D eigenvalue weighted by atomic mass is 19.1. The zero-order valence-electron chi connectivity index (χ0n) is 22.1. The van der Waals surface area contributed by atoms with Gasteiger partial charge in [-0.25, -0.2) is 4.39 Å². The third kappa shape index (κ3) is 4.95. The molecule has 0 spiro atoms. The molecule has 0 fully saturated rings. The lowest BCUT2D eigenvalue weighted by atomic mass is 9.97. The average molecular weight is 514 g/mol. The van der Waals surface area contributed by atoms with E-state index in [1.54, 1.807) is 17.0 Å². The summed E-state index contributed by atoms with van der Waals surface area (Å²) >= 11 is 0. The van der Waals surface area contributed by atoms with E-state index < -0.39 is 6.04 Å². The first-order chi connectivity index (χ1) is 18.4. The molecule has 5 nitrogen and oxygen atoms in total. The van der Waals surface area contributed by atoms with Gasteiger partial charge in [-0.1, -0.05) is 56.5 Å². The van der Waals surface area contributed by atoms with Gasteiger partial charge in [0.05, 0.1) is 23.6 Å². The fourth-order valence-electron chi connectivity index (χ4n) is 5.24. The number of carbonyl (C=O) groups excluding carboxylic acids is 1. The van der Waals surface area contributed by atoms with Crippen molar-refractivity contribution in [1.29, 1.82) is 0 Å². The van der Waals surface area contributed by atoms with Gasteiger partial charge in [-0.2, -0.15) is 0 Å². The summed E-state index contributed by atoms with van der Waals surface area (Å²) in [6.45, 7) is 6.84. The lowest BCUT2D eigenvalue weighted by molar-refractivity contribution is 0.0714. The van der Waals surface area contributed by atoms with Crippen LogP contribution in [-0.4, -0.2) is 17.4 Å². The van der Waals surface area contributed by atoms with Gasteiger partial charge in [0.1, 0.15) is 17.1 Å². The molecule has 0 radical (unpaired) electrons. The minimum atomic E-state index is -0.636. The van der Waals surface area contributed by atoms with Crippen LogP contribution in [0.2, 0.25) is 0 Å². The van der Waals surface area contributed by atoms with Gasteiger partial charge in [0, 0.05) is 6.54 Å². The summed E-state index contributed by atoms with van der Waals surface area (Å²) in [5.74, 6) is 0.111. The zero-order valence-corrected chi connectivity index (χ0v) is 22.1. The van der Waals surface area contributed by atoms with Crippen LogP contribution in [0.4, 0.5) is 4.39 Å². The van der Waals surface area contributed by atoms with Gasteiger partial charge >= 0.3 is 0 Å². The molecular formula is C32H32FNO4. The number of unbranched alkanes of at least 4 members (excludes halogenated alkanes) is 3. The van der Waals surface area contributed by atoms with Crippen LogP contribution in [-0.2, 0) is 6.54 Å². The van der Waals surface area contributed by atoms with Crippen LogP contribution >= 0.6 is 0 Å². The number of hydrogen-bond acceptors (Lipinski definition) is 4. The second-order valence-corrected chi connectivity index (χ2v) is 10.1. The van der Waals surface area contributed by atoms with E-state index in [9.17, 15) is 14.0 Å². The summed E-state index contributed by atoms with van der Waals surface area (Å²) in [6, 6.07) is 16.7. The van der Waals surface area contributed by atoms with Gasteiger partial charge in [0.15, 0.2) is 5.43 Å². The lowest BCUT2D eigenvalue weighted by Crippen LogP contribution is -2.29. The van der Waals surface area contributed by atoms with Crippen LogP contribution in [0, 0.1) is 19.7 Å². The molecule has 1 amide bonds. The molecule has 0 N–H and O–H groups in total. The number of carbonyl (C=O) groups is 1. The minimum Gasteiger partial charge on any atom is -0.494 e. The summed E-state index contributed by atoms with van der Waals surface area (Å²) in [6.07, 6.45) is 4.50. The molecule has 196 valence electrons. The number of halogens is 1. The Kier molecular flexibility index (Phi) is 7.32. The Hall–Kier alpha value is -3.93. The Morgan fingerprint density at radius 1 is 0.947 bits per heavy atom. The third-order valence-corrected chi connectivity index (χ3v) is 7.13. The fraction of sp³-hybridized carbons (Fsp3) is 0.312. The third-order valence-electron chi connectivity index (χ3n) is 7.13. The van der Waals surface area contributed by atoms with Crippen molar-refractivity contribution in [3.05, 3.63) is 110 Å². The van der Waals surface area contributed by atoms with Crippen molar-refractivity contribution < 1.29 is 18.3 Å². The summed E-state index contributed by atoms with van der Waals surface area (Å²) in [7, 11) is 0. The number of fused-ring (bicyclic) bond motifs is 2. The van der Waals surface area contributed by atoms with E-state index in [0.29, 0.717) is 23.1 Å². The number of rotatable bonds is 9. The summed E-state index contributed by atoms with van der Waals surface area (Å²) in [5, 5.41) is 0.467. The van der Waals surface area contributed by atoms with Crippen molar-refractivity contribution in [1.82, 2.24) is 4.90 Å². The molecule has 1 aromatic heterocycles. The van der Waals surface area contributed by atoms with Crippen LogP contribution in [0.15, 0.2) is 69.9 Å². The van der Waals surface area contributed by atoms with E-state index >= 15 is 0 Å². The molecule has 1 aliphatic rings. The van der Waals surface area contributed by atoms with E-state index in [4.69, 9.17) is 9.15 Å². The standard InChI is InChI=1S/C32H32FNO4/c1-4-5-6-7-16-37-25-14-10-23(11-15-25)28-27-29(35)26-18-20(2)17-21(3)30(26)38-31(27)32(36)34(28)19-22-8-12-24(33)13-9-22/h8-15,17-18,28H,4-7,16,19H2,1-3H3. The topological polar surface area (TPSA) is 59.8 Å². The summed E-state index contributed by atoms with van der Waals surface area (Å²) in [4.78, 5) is 29.2. The Labute approximate surface area is 221 Å². The monoisotopic (exact) mass is 513 g/mol. The normalized spacial score (nSPS) is 14.8. The number of ether oxygens (including phenoxy) is 1. The number of amides is 1. The van der Waals surface area contributed by atoms with Gasteiger partial charge in [0.25, 0.3) is 5.91 Å². The Morgan fingerprint density at radius 3 is 2.39 bits per heavy atom. The quantitative estimate of drug-likeness (QED) is 0.221. The van der Waals surface area contributed by atoms with Crippen LogP contribution in [0.3, 0.4) is 0 Å². The highest BCUT2D eigenvalue weighted by molar-refractivity contribution is 5.99. The van der Waals surface area contributed by atoms with Crippen LogP contribution in [0.5, 0.6) is 5.75 Å². The second-order valence-electron chi connectivity index (χ2n) is 10.1. The number of nitrogens with zero attached hydrogens (tertiary/aromatic N) is 1. The van der Waals surface area contributed by atoms with Gasteiger partial charge < -0.3 is 14.1 Å². The average Bonchev–Trinajstić information content (AvgIpc) is 3.18. The van der Waals surface area contributed by atoms with Crippen molar-refractivity contribution in [2.45, 2.75) is 59.0 Å². The predicted molar refractivity (Wildman–Crippen MR) is 146 cm³/mol. The second kappa shape index (κ2) is 10.8. The highest BCUT2D eigenvalue weighted by Crippen LogP contribution is 2.40. The molecule has 0 bridgehead atoms. The maximum atomic E-state index is 13.9. The molecule has 4 aromatic rings. The number of aryl methyl sites for hydroxylation is 2. The SMILES string of the molecule is CCCCCCOc1ccc(C2c3c(oc4c(C)cc(C)cc4c3=O)C(=O)N2Cc2ccc(F)cc2)cc1. The first-order valence-electron chi connectivity index (χ1n) is 13.2. The van der Waals surface area contributed by atoms with E-state index in [0.717, 1.165) is 40.8 Å². The van der Waals surface area contributed by atoms with Crippen molar-refractivity contribution in [2.75, 3.05) is 6.61 Å². The lowest BCUT2D eigenvalue weighted by Gasteiger charge is -2.25. The smallest absolute Gasteiger partial charge is 0.291 e. The van der Waals surface area contributed by atoms with Crippen molar-refractivity contribution in [3.63, 3.8) is 0 Å². The molecule has 0 saturated carbocycles. The Balaban J connectivity index is 1.55. The van der Waals surface area contributed by atoms with Gasteiger partial charge in [-0.15, -0.1) is 0 Å². The van der Waals surface area contributed by atoms with E-state index in [1.165, 1.54) is 25.0 Å². The largest absolute Gasteiger partial charge is 0.494 e. The molecule has 0 aliphatic carbocycles. The molecule has 0 saturated heterocycles. The molecule has 3 aromatic carbocycles. The van der Waals surface area contributed by atoms with E-state index in [-0.39, 0.29) is 29.5 Å². The molecule has 38 heavy (non-hydrogen) atoms. The molecule has 1 aliphatic heterocycles. The number of hydrogen-bond donors (Lipinski definition) is 0. The van der Waals surface area contributed by atoms with Crippen LogP contribution < -0.4 is 10.2 Å². The first-order valence-corrected chi connectivity index (χ1v) is 13.2. The maximum Gasteiger partial charge on any atom is 0.291 e. The molecule has 2 heterocycles. The molecular weight excluding hydrogens is 481 g/mol. The zero-order chi connectivity index (χ0) is 26.8. The molecule has 6 heteroatoms. The summed E-state index contributed by atoms with van der Waals surface area (Å²) < 4.78 is 25.6. The maximum absolute atomic E-state index is 13.9. The molecule has 1 unspecified atom stereocenters. The predicted octanol–water partition coefficient (Wildman–Crippen LogP) is 7.25. The van der Waals surface area contributed by atoms with Gasteiger partial charge in [-0.3, -0.25) is 9.59 Å². The van der Waals surface area contributed by atoms with E-state index in [1.807, 2.05) is 50.2 Å². The van der Waals surface area contributed by atoms with Crippen molar-refractivity contribution in [2.24, 2.45) is 0 Å². The van der Waals surface area contributed by atoms with Gasteiger partial charge in [0.2, 0.25) is 5.76 Å².